The lowest BCUT2D eigenvalue weighted by Crippen LogP contribution is -2.32. The predicted molar refractivity (Wildman–Crippen MR) is 107 cm³/mol. The predicted octanol–water partition coefficient (Wildman–Crippen LogP) is 3.65. The number of fused-ring (bicyclic) bond motifs is 3. The highest BCUT2D eigenvalue weighted by molar-refractivity contribution is 5.76. The maximum absolute atomic E-state index is 12.8. The van der Waals surface area contributed by atoms with Crippen molar-refractivity contribution in [1.82, 2.24) is 14.8 Å². The molecule has 2 heterocycles. The van der Waals surface area contributed by atoms with Crippen LogP contribution in [0.1, 0.15) is 11.7 Å². The van der Waals surface area contributed by atoms with Crippen LogP contribution in [0.2, 0.25) is 0 Å². The molecule has 3 aromatic carbocycles. The highest BCUT2D eigenvalue weighted by Gasteiger charge is 2.29. The van der Waals surface area contributed by atoms with Crippen molar-refractivity contribution in [2.45, 2.75) is 6.17 Å². The van der Waals surface area contributed by atoms with Crippen LogP contribution in [0.25, 0.3) is 22.6 Å². The Morgan fingerprint density at radius 3 is 2.43 bits per heavy atom. The monoisotopic (exact) mass is 368 g/mol. The third-order valence-corrected chi connectivity index (χ3v) is 4.82. The number of nitrogens with one attached hydrogen (secondary N) is 1. The second-order valence-electron chi connectivity index (χ2n) is 6.55. The largest absolute Gasteiger partial charge is 0.508 e. The molecule has 4 aromatic rings. The van der Waals surface area contributed by atoms with Gasteiger partial charge >= 0.3 is 0 Å². The van der Waals surface area contributed by atoms with Gasteiger partial charge in [-0.3, -0.25) is 4.79 Å². The van der Waals surface area contributed by atoms with Crippen LogP contribution in [0.15, 0.2) is 83.7 Å². The first-order valence-electron chi connectivity index (χ1n) is 8.92. The van der Waals surface area contributed by atoms with Gasteiger partial charge < -0.3 is 10.4 Å². The van der Waals surface area contributed by atoms with Crippen LogP contribution in [0, 0.1) is 0 Å². The molecule has 6 heteroatoms. The van der Waals surface area contributed by atoms with Crippen LogP contribution in [0.5, 0.6) is 5.75 Å². The van der Waals surface area contributed by atoms with E-state index in [4.69, 9.17) is 0 Å². The van der Waals surface area contributed by atoms with Gasteiger partial charge in [0, 0.05) is 22.4 Å². The summed E-state index contributed by atoms with van der Waals surface area (Å²) in [5.41, 5.74) is 2.85. The lowest BCUT2D eigenvalue weighted by Gasteiger charge is -2.30. The quantitative estimate of drug-likeness (QED) is 0.565. The third-order valence-electron chi connectivity index (χ3n) is 4.82. The van der Waals surface area contributed by atoms with Crippen molar-refractivity contribution < 1.29 is 5.11 Å². The van der Waals surface area contributed by atoms with Gasteiger partial charge in [-0.15, -0.1) is 0 Å². The van der Waals surface area contributed by atoms with Gasteiger partial charge in [0.25, 0.3) is 5.56 Å². The van der Waals surface area contributed by atoms with Gasteiger partial charge in [0.1, 0.15) is 5.75 Å². The zero-order valence-corrected chi connectivity index (χ0v) is 14.8. The van der Waals surface area contributed by atoms with Crippen molar-refractivity contribution in [1.29, 1.82) is 0 Å². The van der Waals surface area contributed by atoms with Crippen molar-refractivity contribution >= 4 is 5.69 Å². The molecule has 0 aliphatic carbocycles. The molecule has 2 N–H and O–H groups in total. The van der Waals surface area contributed by atoms with E-state index in [-0.39, 0.29) is 17.0 Å². The second kappa shape index (κ2) is 6.35. The van der Waals surface area contributed by atoms with Crippen molar-refractivity contribution in [3.8, 4) is 28.4 Å². The van der Waals surface area contributed by atoms with Gasteiger partial charge in [0.05, 0.1) is 0 Å². The molecular weight excluding hydrogens is 352 g/mol. The molecule has 0 spiro atoms. The fourth-order valence-electron chi connectivity index (χ4n) is 3.48. The Balaban J connectivity index is 1.79. The number of benzene rings is 3. The normalized spacial score (nSPS) is 14.6. The Morgan fingerprint density at radius 1 is 0.893 bits per heavy atom. The van der Waals surface area contributed by atoms with Crippen molar-refractivity contribution in [2.75, 3.05) is 5.32 Å². The van der Waals surface area contributed by atoms with Crippen LogP contribution < -0.4 is 10.9 Å². The van der Waals surface area contributed by atoms with E-state index in [0.29, 0.717) is 17.0 Å². The summed E-state index contributed by atoms with van der Waals surface area (Å²) in [4.78, 5) is 17.1. The molecule has 0 radical (unpaired) electrons. The van der Waals surface area contributed by atoms with E-state index in [1.807, 2.05) is 66.7 Å². The van der Waals surface area contributed by atoms with Crippen molar-refractivity contribution in [3.05, 3.63) is 94.8 Å². The lowest BCUT2D eigenvalue weighted by molar-refractivity contribution is 0.450. The minimum atomic E-state index is -0.498. The Bertz CT molecular complexity index is 1230. The van der Waals surface area contributed by atoms with Crippen LogP contribution >= 0.6 is 0 Å². The summed E-state index contributed by atoms with van der Waals surface area (Å²) in [6.07, 6.45) is -0.498. The smallest absolute Gasteiger partial charge is 0.300 e. The lowest BCUT2D eigenvalue weighted by atomic mass is 10.1. The van der Waals surface area contributed by atoms with E-state index in [0.717, 1.165) is 11.3 Å². The second-order valence-corrected chi connectivity index (χ2v) is 6.55. The first kappa shape index (κ1) is 16.3. The number of rotatable bonds is 2. The molecule has 136 valence electrons. The Morgan fingerprint density at radius 2 is 1.61 bits per heavy atom. The zero-order valence-electron chi connectivity index (χ0n) is 14.8. The van der Waals surface area contributed by atoms with Gasteiger partial charge in [-0.1, -0.05) is 60.7 Å². The number of anilines is 1. The summed E-state index contributed by atoms with van der Waals surface area (Å²) in [6, 6.07) is 23.9. The molecule has 6 nitrogen and oxygen atoms in total. The molecule has 0 saturated carbocycles. The number of aromatic hydroxyl groups is 1. The van der Waals surface area contributed by atoms with Crippen molar-refractivity contribution in [3.63, 3.8) is 0 Å². The highest BCUT2D eigenvalue weighted by atomic mass is 16.3. The number of hydrogen-bond acceptors (Lipinski definition) is 5. The van der Waals surface area contributed by atoms with Crippen LogP contribution in [0.4, 0.5) is 5.69 Å². The molecular formula is C22H16N4O2. The van der Waals surface area contributed by atoms with E-state index in [9.17, 15) is 9.90 Å². The van der Waals surface area contributed by atoms with Gasteiger partial charge in [-0.25, -0.2) is 4.68 Å². The summed E-state index contributed by atoms with van der Waals surface area (Å²) in [5, 5.41) is 18.5. The van der Waals surface area contributed by atoms with Gasteiger partial charge in [0.15, 0.2) is 17.7 Å². The van der Waals surface area contributed by atoms with E-state index in [1.54, 1.807) is 16.8 Å². The van der Waals surface area contributed by atoms with Crippen LogP contribution in [-0.2, 0) is 0 Å². The zero-order chi connectivity index (χ0) is 19.1. The SMILES string of the molecule is O=c1nc2n(nc1-c1ccccc1)[C@H](c1ccccc1O)Nc1ccccc1-2. The Labute approximate surface area is 160 Å². The molecule has 5 rings (SSSR count). The third kappa shape index (κ3) is 2.54. The average molecular weight is 368 g/mol. The topological polar surface area (TPSA) is 80.0 Å². The van der Waals surface area contributed by atoms with E-state index >= 15 is 0 Å². The highest BCUT2D eigenvalue weighted by Crippen LogP contribution is 2.38. The van der Waals surface area contributed by atoms with E-state index in [2.05, 4.69) is 15.4 Å². The average Bonchev–Trinajstić information content (AvgIpc) is 2.74. The molecule has 28 heavy (non-hydrogen) atoms. The molecule has 0 amide bonds. The molecule has 1 aliphatic heterocycles. The first-order valence-corrected chi connectivity index (χ1v) is 8.92. The molecule has 1 aromatic heterocycles. The Kier molecular flexibility index (Phi) is 3.69. The maximum Gasteiger partial charge on any atom is 0.300 e. The van der Waals surface area contributed by atoms with Crippen LogP contribution in [0.3, 0.4) is 0 Å². The number of aromatic nitrogens is 3. The van der Waals surface area contributed by atoms with E-state index < -0.39 is 6.17 Å². The fraction of sp³-hybridized carbons (Fsp3) is 0.0455. The molecule has 0 unspecified atom stereocenters. The number of phenols is 1. The standard InChI is InChI=1S/C22H16N4O2/c27-18-13-7-5-11-16(18)21-23-17-12-6-4-10-15(17)20-24-22(28)19(25-26(20)21)14-8-2-1-3-9-14/h1-13,21,23,27H/t21-/m1/s1. The molecule has 0 bridgehead atoms. The summed E-state index contributed by atoms with van der Waals surface area (Å²) in [7, 11) is 0. The maximum atomic E-state index is 12.8. The van der Waals surface area contributed by atoms with Gasteiger partial charge in [-0.05, 0) is 18.2 Å². The van der Waals surface area contributed by atoms with Gasteiger partial charge in [-0.2, -0.15) is 10.1 Å². The summed E-state index contributed by atoms with van der Waals surface area (Å²) in [6.45, 7) is 0. The summed E-state index contributed by atoms with van der Waals surface area (Å²) < 4.78 is 1.67. The van der Waals surface area contributed by atoms with E-state index in [1.165, 1.54) is 0 Å². The minimum absolute atomic E-state index is 0.145. The van der Waals surface area contributed by atoms with Crippen molar-refractivity contribution in [2.24, 2.45) is 0 Å². The first-order chi connectivity index (χ1) is 13.7. The number of para-hydroxylation sites is 2. The Hall–Kier alpha value is -3.93. The molecule has 1 atom stereocenters. The summed E-state index contributed by atoms with van der Waals surface area (Å²) >= 11 is 0. The molecule has 0 fully saturated rings. The number of nitrogens with zero attached hydrogens (tertiary/aromatic N) is 3. The van der Waals surface area contributed by atoms with Crippen LogP contribution in [-0.4, -0.2) is 19.9 Å². The summed E-state index contributed by atoms with van der Waals surface area (Å²) in [5.74, 6) is 0.611. The van der Waals surface area contributed by atoms with Gasteiger partial charge in [0.2, 0.25) is 0 Å². The molecule has 0 saturated heterocycles. The number of phenolic OH excluding ortho intramolecular Hbond substituents is 1. The fourth-order valence-corrected chi connectivity index (χ4v) is 3.48. The number of hydrogen-bond donors (Lipinski definition) is 2. The minimum Gasteiger partial charge on any atom is -0.508 e. The molecule has 1 aliphatic rings.